The smallest absolute Gasteiger partial charge is 0.338 e. The standard InChI is InChI=1S/C26H28N4O6S/c1-6-28(7-2)21-12-11-18(36-21)14-20-24(31)29-23(17-10-9-15(4)19(13-17)30(33)34)22(25(32)35-8-3)16(5)27-26(29)37-20/h9-14,23H,6-8H2,1-5H3/b20-14+/t23-/m1/s1. The molecule has 0 saturated carbocycles. The molecule has 0 aliphatic carbocycles. The summed E-state index contributed by atoms with van der Waals surface area (Å²) < 4.78 is 13.0. The second-order valence-electron chi connectivity index (χ2n) is 8.45. The Balaban J connectivity index is 1.92. The van der Waals surface area contributed by atoms with Crippen molar-refractivity contribution in [2.45, 2.75) is 40.7 Å². The van der Waals surface area contributed by atoms with Gasteiger partial charge in [-0.1, -0.05) is 23.5 Å². The average molecular weight is 525 g/mol. The van der Waals surface area contributed by atoms with Crippen LogP contribution in [0.4, 0.5) is 11.6 Å². The number of allylic oxidation sites excluding steroid dienone is 1. The fourth-order valence-corrected chi connectivity index (χ4v) is 5.38. The van der Waals surface area contributed by atoms with Crippen LogP contribution in [0.25, 0.3) is 6.08 Å². The largest absolute Gasteiger partial charge is 0.463 e. The Morgan fingerprint density at radius 1 is 1.24 bits per heavy atom. The van der Waals surface area contributed by atoms with Gasteiger partial charge in [-0.2, -0.15) is 0 Å². The van der Waals surface area contributed by atoms with Gasteiger partial charge in [0.25, 0.3) is 11.2 Å². The molecule has 37 heavy (non-hydrogen) atoms. The third-order valence-corrected chi connectivity index (χ3v) is 7.21. The second-order valence-corrected chi connectivity index (χ2v) is 9.46. The summed E-state index contributed by atoms with van der Waals surface area (Å²) in [5, 5.41) is 11.7. The molecule has 3 heterocycles. The van der Waals surface area contributed by atoms with Gasteiger partial charge in [0.05, 0.1) is 33.4 Å². The fourth-order valence-electron chi connectivity index (χ4n) is 4.35. The molecule has 194 valence electrons. The molecule has 0 N–H and O–H groups in total. The van der Waals surface area contributed by atoms with Crippen molar-refractivity contribution in [2.75, 3.05) is 24.6 Å². The summed E-state index contributed by atoms with van der Waals surface area (Å²) in [5.41, 5.74) is 0.969. The van der Waals surface area contributed by atoms with Gasteiger partial charge in [-0.15, -0.1) is 0 Å². The number of ether oxygens (including phenoxy) is 1. The molecule has 1 aliphatic heterocycles. The Kier molecular flexibility index (Phi) is 7.44. The zero-order chi connectivity index (χ0) is 26.9. The maximum absolute atomic E-state index is 13.7. The maximum atomic E-state index is 13.7. The van der Waals surface area contributed by atoms with E-state index in [9.17, 15) is 19.7 Å². The summed E-state index contributed by atoms with van der Waals surface area (Å²) in [6.45, 7) is 10.7. The maximum Gasteiger partial charge on any atom is 0.338 e. The quantitative estimate of drug-likeness (QED) is 0.251. The molecule has 0 radical (unpaired) electrons. The normalized spacial score (nSPS) is 15.4. The molecule has 0 fully saturated rings. The molecule has 2 aromatic heterocycles. The minimum Gasteiger partial charge on any atom is -0.463 e. The summed E-state index contributed by atoms with van der Waals surface area (Å²) in [6.07, 6.45) is 1.65. The highest BCUT2D eigenvalue weighted by Crippen LogP contribution is 2.33. The number of nitro benzene ring substituents is 1. The average Bonchev–Trinajstić information content (AvgIpc) is 3.44. The van der Waals surface area contributed by atoms with E-state index < -0.39 is 16.9 Å². The monoisotopic (exact) mass is 524 g/mol. The van der Waals surface area contributed by atoms with Gasteiger partial charge in [0.2, 0.25) is 0 Å². The number of anilines is 1. The summed E-state index contributed by atoms with van der Waals surface area (Å²) >= 11 is 1.16. The third-order valence-electron chi connectivity index (χ3n) is 6.22. The van der Waals surface area contributed by atoms with Crippen LogP contribution in [0.1, 0.15) is 50.6 Å². The number of carbonyl (C=O) groups excluding carboxylic acids is 1. The second kappa shape index (κ2) is 10.6. The highest BCUT2D eigenvalue weighted by molar-refractivity contribution is 7.07. The van der Waals surface area contributed by atoms with E-state index in [4.69, 9.17) is 9.15 Å². The lowest BCUT2D eigenvalue weighted by Gasteiger charge is -2.24. The van der Waals surface area contributed by atoms with Crippen LogP contribution in [0.2, 0.25) is 0 Å². The van der Waals surface area contributed by atoms with Gasteiger partial charge in [-0.05, 0) is 46.2 Å². The molecule has 1 aromatic carbocycles. The molecule has 4 rings (SSSR count). The Morgan fingerprint density at radius 2 is 1.97 bits per heavy atom. The van der Waals surface area contributed by atoms with Crippen LogP contribution in [0.3, 0.4) is 0 Å². The number of aromatic nitrogens is 1. The summed E-state index contributed by atoms with van der Waals surface area (Å²) in [4.78, 5) is 44.8. The zero-order valence-electron chi connectivity index (χ0n) is 21.3. The van der Waals surface area contributed by atoms with E-state index in [1.807, 2.05) is 19.9 Å². The predicted molar refractivity (Wildman–Crippen MR) is 141 cm³/mol. The lowest BCUT2D eigenvalue weighted by molar-refractivity contribution is -0.385. The fraction of sp³-hybridized carbons (Fsp3) is 0.346. The van der Waals surface area contributed by atoms with Crippen molar-refractivity contribution >= 4 is 35.0 Å². The summed E-state index contributed by atoms with van der Waals surface area (Å²) in [6, 6.07) is 7.41. The molecule has 10 nitrogen and oxygen atoms in total. The van der Waals surface area contributed by atoms with Crippen molar-refractivity contribution in [3.8, 4) is 0 Å². The molecule has 0 spiro atoms. The lowest BCUT2D eigenvalue weighted by Crippen LogP contribution is -2.40. The summed E-state index contributed by atoms with van der Waals surface area (Å²) in [5.74, 6) is 0.589. The molecule has 0 bridgehead atoms. The van der Waals surface area contributed by atoms with Crippen LogP contribution in [0.5, 0.6) is 0 Å². The van der Waals surface area contributed by atoms with Gasteiger partial charge in [-0.25, -0.2) is 9.79 Å². The number of hydrogen-bond acceptors (Lipinski definition) is 9. The highest BCUT2D eigenvalue weighted by atomic mass is 32.1. The first-order chi connectivity index (χ1) is 17.7. The van der Waals surface area contributed by atoms with Crippen LogP contribution in [-0.2, 0) is 9.53 Å². The molecule has 1 atom stereocenters. The topological polar surface area (TPSA) is 120 Å². The van der Waals surface area contributed by atoms with Gasteiger partial charge in [0.15, 0.2) is 10.7 Å². The van der Waals surface area contributed by atoms with E-state index in [2.05, 4.69) is 9.89 Å². The molecule has 0 unspecified atom stereocenters. The van der Waals surface area contributed by atoms with Gasteiger partial charge in [0.1, 0.15) is 5.76 Å². The van der Waals surface area contributed by atoms with E-state index in [1.165, 1.54) is 10.6 Å². The number of furan rings is 1. The number of esters is 1. The van der Waals surface area contributed by atoms with Crippen LogP contribution in [0.15, 0.2) is 55.8 Å². The first-order valence-corrected chi connectivity index (χ1v) is 12.8. The zero-order valence-corrected chi connectivity index (χ0v) is 22.1. The van der Waals surface area contributed by atoms with Crippen molar-refractivity contribution < 1.29 is 18.9 Å². The minimum atomic E-state index is -0.931. The minimum absolute atomic E-state index is 0.1000. The van der Waals surface area contributed by atoms with E-state index in [0.717, 1.165) is 24.4 Å². The van der Waals surface area contributed by atoms with Crippen LogP contribution >= 0.6 is 11.3 Å². The molecule has 11 heteroatoms. The van der Waals surface area contributed by atoms with E-state index in [0.29, 0.717) is 37.8 Å². The Hall–Kier alpha value is -3.99. The number of hydrogen-bond donors (Lipinski definition) is 0. The van der Waals surface area contributed by atoms with E-state index in [-0.39, 0.29) is 23.4 Å². The predicted octanol–water partition coefficient (Wildman–Crippen LogP) is 3.45. The lowest BCUT2D eigenvalue weighted by atomic mass is 9.94. The van der Waals surface area contributed by atoms with E-state index >= 15 is 0 Å². The first kappa shape index (κ1) is 26.1. The Labute approximate surface area is 217 Å². The molecular weight excluding hydrogens is 496 g/mol. The first-order valence-electron chi connectivity index (χ1n) is 12.0. The molecule has 1 aliphatic rings. The van der Waals surface area contributed by atoms with Gasteiger partial charge < -0.3 is 14.1 Å². The van der Waals surface area contributed by atoms with Crippen LogP contribution in [0, 0.1) is 17.0 Å². The Morgan fingerprint density at radius 3 is 2.62 bits per heavy atom. The van der Waals surface area contributed by atoms with Crippen molar-refractivity contribution in [2.24, 2.45) is 4.99 Å². The van der Waals surface area contributed by atoms with Crippen LogP contribution < -0.4 is 19.8 Å². The number of nitrogens with zero attached hydrogens (tertiary/aromatic N) is 4. The number of benzene rings is 1. The number of aryl methyl sites for hydroxylation is 1. The number of nitro groups is 1. The Bertz CT molecular complexity index is 1570. The van der Waals surface area contributed by atoms with Crippen molar-refractivity contribution in [3.63, 3.8) is 0 Å². The van der Waals surface area contributed by atoms with Crippen molar-refractivity contribution in [1.29, 1.82) is 0 Å². The van der Waals surface area contributed by atoms with Crippen molar-refractivity contribution in [3.05, 3.63) is 88.3 Å². The van der Waals surface area contributed by atoms with Gasteiger partial charge >= 0.3 is 5.97 Å². The number of fused-ring (bicyclic) bond motifs is 1. The molecule has 0 amide bonds. The van der Waals surface area contributed by atoms with Crippen molar-refractivity contribution in [1.82, 2.24) is 4.57 Å². The third kappa shape index (κ3) is 4.86. The van der Waals surface area contributed by atoms with Gasteiger partial charge in [-0.3, -0.25) is 19.5 Å². The van der Waals surface area contributed by atoms with E-state index in [1.54, 1.807) is 45.0 Å². The molecular formula is C26H28N4O6S. The number of rotatable bonds is 8. The molecule has 0 saturated heterocycles. The highest BCUT2D eigenvalue weighted by Gasteiger charge is 2.34. The molecule has 3 aromatic rings. The number of thiazole rings is 1. The SMILES string of the molecule is CCOC(=O)C1=C(C)N=c2s/c(=C/c3ccc(N(CC)CC)o3)c(=O)n2[C@@H]1c1ccc(C)c([N+](=O)[O-])c1. The van der Waals surface area contributed by atoms with Crippen LogP contribution in [-0.4, -0.2) is 35.2 Å². The number of carbonyl (C=O) groups is 1. The summed E-state index contributed by atoms with van der Waals surface area (Å²) in [7, 11) is 0. The van der Waals surface area contributed by atoms with Gasteiger partial charge in [0, 0.05) is 36.9 Å².